The number of hydrogen-bond donors (Lipinski definition) is 6. The zero-order chi connectivity index (χ0) is 9.98. The van der Waals surface area contributed by atoms with Crippen LogP contribution < -0.4 is 0 Å². The van der Waals surface area contributed by atoms with Crippen molar-refractivity contribution in [2.45, 2.75) is 11.4 Å². The first kappa shape index (κ1) is 15.8. The SMILES string of the molecule is OC(CS)CS.OCC(S)CS. The minimum atomic E-state index is -0.336. The van der Waals surface area contributed by atoms with Gasteiger partial charge in [0, 0.05) is 22.5 Å². The second kappa shape index (κ2) is 12.3. The molecule has 12 heavy (non-hydrogen) atoms. The third-order valence-corrected chi connectivity index (χ3v) is 2.76. The molecule has 76 valence electrons. The van der Waals surface area contributed by atoms with Crippen molar-refractivity contribution in [2.24, 2.45) is 0 Å². The highest BCUT2D eigenvalue weighted by molar-refractivity contribution is 7.84. The first-order chi connectivity index (χ1) is 5.62. The van der Waals surface area contributed by atoms with E-state index in [4.69, 9.17) is 10.2 Å². The van der Waals surface area contributed by atoms with Gasteiger partial charge in [-0.2, -0.15) is 50.5 Å². The lowest BCUT2D eigenvalue weighted by molar-refractivity contribution is 0.226. The summed E-state index contributed by atoms with van der Waals surface area (Å²) in [6.07, 6.45) is -0.336. The maximum absolute atomic E-state index is 8.51. The molecule has 0 aromatic rings. The molecule has 0 amide bonds. The third kappa shape index (κ3) is 13.9. The fourth-order valence-electron chi connectivity index (χ4n) is 0.115. The van der Waals surface area contributed by atoms with Gasteiger partial charge in [0.25, 0.3) is 0 Å². The van der Waals surface area contributed by atoms with Crippen LogP contribution >= 0.6 is 50.5 Å². The number of aliphatic hydroxyl groups is 2. The van der Waals surface area contributed by atoms with Gasteiger partial charge in [-0.1, -0.05) is 0 Å². The molecule has 2 nitrogen and oxygen atoms in total. The summed E-state index contributed by atoms with van der Waals surface area (Å²) < 4.78 is 0. The van der Waals surface area contributed by atoms with Crippen LogP contribution in [0, 0.1) is 0 Å². The molecular formula is C6H16O2S4. The molecule has 0 saturated heterocycles. The molecule has 6 heteroatoms. The Hall–Kier alpha value is 1.32. The second-order valence-corrected chi connectivity index (χ2v) is 3.86. The Morgan fingerprint density at radius 3 is 1.42 bits per heavy atom. The minimum Gasteiger partial charge on any atom is -0.395 e. The van der Waals surface area contributed by atoms with Gasteiger partial charge in [0.2, 0.25) is 0 Å². The summed E-state index contributed by atoms with van der Waals surface area (Å²) in [5.41, 5.74) is 0. The van der Waals surface area contributed by atoms with Gasteiger partial charge in [-0.05, 0) is 0 Å². The molecule has 2 N–H and O–H groups in total. The van der Waals surface area contributed by atoms with E-state index in [0.29, 0.717) is 17.3 Å². The predicted octanol–water partition coefficient (Wildman–Crippen LogP) is 0.414. The van der Waals surface area contributed by atoms with Crippen LogP contribution in [0.1, 0.15) is 0 Å². The van der Waals surface area contributed by atoms with E-state index < -0.39 is 0 Å². The van der Waals surface area contributed by atoms with E-state index in [1.165, 1.54) is 0 Å². The lowest BCUT2D eigenvalue weighted by Gasteiger charge is -1.97. The molecule has 1 atom stereocenters. The van der Waals surface area contributed by atoms with Gasteiger partial charge in [0.15, 0.2) is 0 Å². The highest BCUT2D eigenvalue weighted by Gasteiger charge is 1.92. The van der Waals surface area contributed by atoms with Crippen LogP contribution in [-0.4, -0.2) is 45.4 Å². The zero-order valence-electron chi connectivity index (χ0n) is 6.67. The molecule has 0 spiro atoms. The maximum Gasteiger partial charge on any atom is 0.0715 e. The fourth-order valence-corrected chi connectivity index (χ4v) is 0.693. The van der Waals surface area contributed by atoms with Crippen LogP contribution in [0.5, 0.6) is 0 Å². The highest BCUT2D eigenvalue weighted by Crippen LogP contribution is 1.93. The maximum atomic E-state index is 8.51. The van der Waals surface area contributed by atoms with Crippen molar-refractivity contribution in [1.82, 2.24) is 0 Å². The summed E-state index contributed by atoms with van der Waals surface area (Å²) in [6.45, 7) is 0.118. The first-order valence-electron chi connectivity index (χ1n) is 3.41. The molecule has 1 unspecified atom stereocenters. The Balaban J connectivity index is 0. The highest BCUT2D eigenvalue weighted by atomic mass is 32.1. The molecule has 0 saturated carbocycles. The Kier molecular flexibility index (Phi) is 16.2. The summed E-state index contributed by atoms with van der Waals surface area (Å²) in [6, 6.07) is 0. The largest absolute Gasteiger partial charge is 0.395 e. The van der Waals surface area contributed by atoms with Gasteiger partial charge in [0.05, 0.1) is 12.7 Å². The van der Waals surface area contributed by atoms with Crippen LogP contribution in [0.25, 0.3) is 0 Å². The van der Waals surface area contributed by atoms with Gasteiger partial charge in [-0.25, -0.2) is 0 Å². The zero-order valence-corrected chi connectivity index (χ0v) is 10.2. The van der Waals surface area contributed by atoms with Crippen LogP contribution in [0.15, 0.2) is 0 Å². The van der Waals surface area contributed by atoms with Crippen LogP contribution in [0.3, 0.4) is 0 Å². The average molecular weight is 248 g/mol. The molecule has 0 aliphatic rings. The van der Waals surface area contributed by atoms with E-state index in [0.717, 1.165) is 0 Å². The Bertz CT molecular complexity index is 65.9. The van der Waals surface area contributed by atoms with E-state index in [-0.39, 0.29) is 18.0 Å². The summed E-state index contributed by atoms with van der Waals surface area (Å²) >= 11 is 15.4. The summed E-state index contributed by atoms with van der Waals surface area (Å²) in [5, 5.41) is 16.8. The van der Waals surface area contributed by atoms with Crippen molar-refractivity contribution < 1.29 is 10.2 Å². The first-order valence-corrected chi connectivity index (χ1v) is 5.83. The molecule has 0 aliphatic carbocycles. The summed E-state index contributed by atoms with van der Waals surface area (Å²) in [4.78, 5) is 0. The van der Waals surface area contributed by atoms with Crippen molar-refractivity contribution in [3.05, 3.63) is 0 Å². The monoisotopic (exact) mass is 248 g/mol. The fraction of sp³-hybridized carbons (Fsp3) is 1.00. The third-order valence-electron chi connectivity index (χ3n) is 0.843. The van der Waals surface area contributed by atoms with Crippen LogP contribution in [0.2, 0.25) is 0 Å². The van der Waals surface area contributed by atoms with Crippen LogP contribution in [-0.2, 0) is 0 Å². The van der Waals surface area contributed by atoms with E-state index >= 15 is 0 Å². The number of thiol groups is 4. The predicted molar refractivity (Wildman–Crippen MR) is 67.4 cm³/mol. The second-order valence-electron chi connectivity index (χ2n) is 2.04. The quantitative estimate of drug-likeness (QED) is 0.408. The van der Waals surface area contributed by atoms with Gasteiger partial charge in [-0.3, -0.25) is 0 Å². The van der Waals surface area contributed by atoms with Crippen molar-refractivity contribution in [3.8, 4) is 0 Å². The average Bonchev–Trinajstić information content (AvgIpc) is 2.16. The number of aliphatic hydroxyl groups excluding tert-OH is 2. The van der Waals surface area contributed by atoms with Gasteiger partial charge >= 0.3 is 0 Å². The van der Waals surface area contributed by atoms with E-state index in [1.807, 2.05) is 0 Å². The molecule has 0 bridgehead atoms. The molecule has 0 aliphatic heterocycles. The lowest BCUT2D eigenvalue weighted by Crippen LogP contribution is -2.08. The minimum absolute atomic E-state index is 0.0494. The van der Waals surface area contributed by atoms with Gasteiger partial charge in [0.1, 0.15) is 0 Å². The van der Waals surface area contributed by atoms with E-state index in [1.54, 1.807) is 0 Å². The molecule has 0 radical (unpaired) electrons. The Labute approximate surface area is 95.8 Å². The lowest BCUT2D eigenvalue weighted by atomic mass is 10.5. The number of rotatable bonds is 4. The standard InChI is InChI=1S/2C3H8OS2/c4-3(1-5)2-6;4-1-3(6)2-5/h2*3-6H,1-2H2. The topological polar surface area (TPSA) is 40.5 Å². The van der Waals surface area contributed by atoms with E-state index in [2.05, 4.69) is 50.5 Å². The normalized spacial score (nSPS) is 12.2. The van der Waals surface area contributed by atoms with Crippen molar-refractivity contribution in [1.29, 1.82) is 0 Å². The van der Waals surface area contributed by atoms with Crippen molar-refractivity contribution >= 4 is 50.5 Å². The summed E-state index contributed by atoms with van der Waals surface area (Å²) in [7, 11) is 0. The van der Waals surface area contributed by atoms with Gasteiger partial charge < -0.3 is 10.2 Å². The molecular weight excluding hydrogens is 232 g/mol. The molecule has 0 aromatic carbocycles. The molecule has 0 fully saturated rings. The van der Waals surface area contributed by atoms with Crippen LogP contribution in [0.4, 0.5) is 0 Å². The van der Waals surface area contributed by atoms with Crippen molar-refractivity contribution in [2.75, 3.05) is 23.9 Å². The molecule has 0 heterocycles. The Morgan fingerprint density at radius 2 is 1.42 bits per heavy atom. The smallest absolute Gasteiger partial charge is 0.0715 e. The number of hydrogen-bond acceptors (Lipinski definition) is 6. The van der Waals surface area contributed by atoms with Gasteiger partial charge in [-0.15, -0.1) is 0 Å². The molecule has 0 aromatic heterocycles. The van der Waals surface area contributed by atoms with Crippen molar-refractivity contribution in [3.63, 3.8) is 0 Å². The Morgan fingerprint density at radius 1 is 1.00 bits per heavy atom. The molecule has 0 rings (SSSR count). The summed E-state index contributed by atoms with van der Waals surface area (Å²) in [5.74, 6) is 1.65. The van der Waals surface area contributed by atoms with E-state index in [9.17, 15) is 0 Å².